The second-order valence-corrected chi connectivity index (χ2v) is 4.96. The molecule has 1 N–H and O–H groups in total. The molecule has 0 saturated heterocycles. The Labute approximate surface area is 77.8 Å². The molecule has 2 aliphatic rings. The van der Waals surface area contributed by atoms with Crippen molar-refractivity contribution >= 4 is 11.5 Å². The highest BCUT2D eigenvalue weighted by atomic mass is 16.4. The van der Waals surface area contributed by atoms with E-state index in [-0.39, 0.29) is 22.5 Å². The van der Waals surface area contributed by atoms with Gasteiger partial charge in [0.15, 0.2) is 5.78 Å². The van der Waals surface area contributed by atoms with Crippen LogP contribution in [0, 0.1) is 16.7 Å². The van der Waals surface area contributed by atoms with Crippen molar-refractivity contribution in [3.63, 3.8) is 0 Å². The van der Waals surface area contributed by atoms with Gasteiger partial charge in [-0.2, -0.15) is 0 Å². The van der Waals surface area contributed by atoms with Crippen LogP contribution in [0.2, 0.25) is 0 Å². The van der Waals surface area contributed by atoms with Crippen LogP contribution in [-0.2, 0) is 4.79 Å². The summed E-state index contributed by atoms with van der Waals surface area (Å²) in [5.74, 6) is 0.214. The Morgan fingerprint density at radius 2 is 2.08 bits per heavy atom. The van der Waals surface area contributed by atoms with Gasteiger partial charge >= 0.3 is 0 Å². The second kappa shape index (κ2) is 2.14. The number of Topliss-reactive ketones (excluding diaryl/α,β-unsaturated/α-hetero) is 1. The lowest BCUT2D eigenvalue weighted by molar-refractivity contribution is -0.123. The predicted molar refractivity (Wildman–Crippen MR) is 48.8 cm³/mol. The maximum absolute atomic E-state index is 11.8. The maximum Gasteiger partial charge on any atom is 0.187 e. The van der Waals surface area contributed by atoms with Crippen molar-refractivity contribution in [2.45, 2.75) is 33.6 Å². The molecule has 2 aliphatic carbocycles. The summed E-state index contributed by atoms with van der Waals surface area (Å²) in [6.45, 7) is 6.19. The van der Waals surface area contributed by atoms with Gasteiger partial charge in [-0.05, 0) is 18.3 Å². The zero-order valence-electron chi connectivity index (χ0n) is 8.29. The first kappa shape index (κ1) is 8.73. The first-order chi connectivity index (χ1) is 5.95. The molecule has 0 amide bonds. The average Bonchev–Trinajstić information content (AvgIpc) is 2.36. The summed E-state index contributed by atoms with van der Waals surface area (Å²) in [4.78, 5) is 11.8. The molecule has 2 rings (SSSR count). The Kier molecular flexibility index (Phi) is 1.44. The summed E-state index contributed by atoms with van der Waals surface area (Å²) in [7, 11) is 0. The highest BCUT2D eigenvalue weighted by molar-refractivity contribution is 6.45. The SMILES string of the molecule is CC1(C)[C@@H]2CC[C@]1(C)C(=O)/C2=N\O. The summed E-state index contributed by atoms with van der Waals surface area (Å²) >= 11 is 0. The Bertz CT molecular complexity index is 306. The first-order valence-corrected chi connectivity index (χ1v) is 4.72. The standard InChI is InChI=1S/C10H15NO2/c1-9(2)6-4-5-10(9,3)8(12)7(6)11-13/h6,13H,4-5H2,1-3H3/b11-7-/t6-,10-/m1/s1. The Hall–Kier alpha value is -0.860. The molecule has 0 aromatic carbocycles. The summed E-state index contributed by atoms with van der Waals surface area (Å²) in [6.07, 6.45) is 1.91. The van der Waals surface area contributed by atoms with Crippen LogP contribution >= 0.6 is 0 Å². The molecular formula is C10H15NO2. The predicted octanol–water partition coefficient (Wildman–Crippen LogP) is 1.84. The van der Waals surface area contributed by atoms with E-state index in [1.165, 1.54) is 0 Å². The van der Waals surface area contributed by atoms with Gasteiger partial charge in [0.1, 0.15) is 5.71 Å². The second-order valence-electron chi connectivity index (χ2n) is 4.96. The molecule has 2 bridgehead atoms. The van der Waals surface area contributed by atoms with E-state index < -0.39 is 0 Å². The fourth-order valence-corrected chi connectivity index (χ4v) is 2.94. The number of hydrogen-bond acceptors (Lipinski definition) is 3. The highest BCUT2D eigenvalue weighted by Gasteiger charge is 2.65. The van der Waals surface area contributed by atoms with Crippen LogP contribution in [0.25, 0.3) is 0 Å². The molecule has 0 heterocycles. The molecule has 3 heteroatoms. The van der Waals surface area contributed by atoms with E-state index in [0.29, 0.717) is 5.71 Å². The fraction of sp³-hybridized carbons (Fsp3) is 0.800. The van der Waals surface area contributed by atoms with Crippen molar-refractivity contribution in [3.8, 4) is 0 Å². The Balaban J connectivity index is 2.57. The summed E-state index contributed by atoms with van der Waals surface area (Å²) < 4.78 is 0. The summed E-state index contributed by atoms with van der Waals surface area (Å²) in [6, 6.07) is 0. The van der Waals surface area contributed by atoms with Gasteiger partial charge in [0.2, 0.25) is 0 Å². The van der Waals surface area contributed by atoms with Gasteiger partial charge in [-0.25, -0.2) is 0 Å². The number of carbonyl (C=O) groups excluding carboxylic acids is 1. The fourth-order valence-electron chi connectivity index (χ4n) is 2.94. The van der Waals surface area contributed by atoms with E-state index in [2.05, 4.69) is 19.0 Å². The third-order valence-corrected chi connectivity index (χ3v) is 4.40. The zero-order valence-corrected chi connectivity index (χ0v) is 8.29. The third-order valence-electron chi connectivity index (χ3n) is 4.40. The lowest BCUT2D eigenvalue weighted by Gasteiger charge is -2.31. The minimum Gasteiger partial charge on any atom is -0.411 e. The van der Waals surface area contributed by atoms with Gasteiger partial charge in [-0.1, -0.05) is 25.9 Å². The molecule has 0 aromatic heterocycles. The number of rotatable bonds is 0. The van der Waals surface area contributed by atoms with Crippen LogP contribution in [0.1, 0.15) is 33.6 Å². The van der Waals surface area contributed by atoms with Crippen LogP contribution in [0.4, 0.5) is 0 Å². The molecule has 0 unspecified atom stereocenters. The van der Waals surface area contributed by atoms with E-state index in [1.54, 1.807) is 0 Å². The number of oxime groups is 1. The van der Waals surface area contributed by atoms with Crippen molar-refractivity contribution < 1.29 is 10.0 Å². The van der Waals surface area contributed by atoms with Crippen molar-refractivity contribution in [1.29, 1.82) is 0 Å². The van der Waals surface area contributed by atoms with Crippen LogP contribution in [0.5, 0.6) is 0 Å². The number of carbonyl (C=O) groups is 1. The minimum atomic E-state index is -0.292. The topological polar surface area (TPSA) is 49.7 Å². The van der Waals surface area contributed by atoms with Crippen molar-refractivity contribution in [2.24, 2.45) is 21.9 Å². The molecule has 0 aromatic rings. The van der Waals surface area contributed by atoms with Crippen molar-refractivity contribution in [2.75, 3.05) is 0 Å². The molecule has 2 saturated carbocycles. The van der Waals surface area contributed by atoms with Gasteiger partial charge in [-0.3, -0.25) is 4.79 Å². The number of fused-ring (bicyclic) bond motifs is 2. The molecular weight excluding hydrogens is 166 g/mol. The molecule has 2 fully saturated rings. The monoisotopic (exact) mass is 181 g/mol. The molecule has 2 atom stereocenters. The zero-order chi connectivity index (χ0) is 9.85. The van der Waals surface area contributed by atoms with Crippen LogP contribution in [0.15, 0.2) is 5.16 Å². The maximum atomic E-state index is 11.8. The molecule has 0 spiro atoms. The minimum absolute atomic E-state index is 0.0361. The van der Waals surface area contributed by atoms with E-state index in [4.69, 9.17) is 5.21 Å². The van der Waals surface area contributed by atoms with Crippen molar-refractivity contribution in [1.82, 2.24) is 0 Å². The van der Waals surface area contributed by atoms with Crippen LogP contribution in [-0.4, -0.2) is 16.7 Å². The van der Waals surface area contributed by atoms with Gasteiger partial charge in [-0.15, -0.1) is 0 Å². The first-order valence-electron chi connectivity index (χ1n) is 4.72. The number of ketones is 1. The highest BCUT2D eigenvalue weighted by Crippen LogP contribution is 2.62. The molecule has 13 heavy (non-hydrogen) atoms. The molecule has 0 radical (unpaired) electrons. The third kappa shape index (κ3) is 0.713. The number of hydrogen-bond donors (Lipinski definition) is 1. The van der Waals surface area contributed by atoms with E-state index >= 15 is 0 Å². The van der Waals surface area contributed by atoms with E-state index in [0.717, 1.165) is 12.8 Å². The van der Waals surface area contributed by atoms with E-state index in [1.807, 2.05) is 6.92 Å². The number of nitrogens with zero attached hydrogens (tertiary/aromatic N) is 1. The Morgan fingerprint density at radius 1 is 1.46 bits per heavy atom. The van der Waals surface area contributed by atoms with Gasteiger partial charge in [0, 0.05) is 11.3 Å². The van der Waals surface area contributed by atoms with Crippen LogP contribution in [0.3, 0.4) is 0 Å². The van der Waals surface area contributed by atoms with E-state index in [9.17, 15) is 4.79 Å². The normalized spacial score (nSPS) is 44.7. The molecule has 72 valence electrons. The summed E-state index contributed by atoms with van der Waals surface area (Å²) in [5, 5.41) is 11.9. The quantitative estimate of drug-likeness (QED) is 0.458. The van der Waals surface area contributed by atoms with Crippen LogP contribution < -0.4 is 0 Å². The smallest absolute Gasteiger partial charge is 0.187 e. The van der Waals surface area contributed by atoms with Crippen molar-refractivity contribution in [3.05, 3.63) is 0 Å². The van der Waals surface area contributed by atoms with Gasteiger partial charge in [0.05, 0.1) is 0 Å². The van der Waals surface area contributed by atoms with Gasteiger partial charge < -0.3 is 5.21 Å². The lowest BCUT2D eigenvalue weighted by Crippen LogP contribution is -2.33. The van der Waals surface area contributed by atoms with Gasteiger partial charge in [0.25, 0.3) is 0 Å². The largest absolute Gasteiger partial charge is 0.411 e. The molecule has 0 aliphatic heterocycles. The lowest BCUT2D eigenvalue weighted by atomic mass is 9.70. The average molecular weight is 181 g/mol. The molecule has 3 nitrogen and oxygen atoms in total. The Morgan fingerprint density at radius 3 is 2.38 bits per heavy atom. The summed E-state index contributed by atoms with van der Waals surface area (Å²) in [5.41, 5.74) is 0.0731.